The van der Waals surface area contributed by atoms with E-state index in [2.05, 4.69) is 6.30 Å². The van der Waals surface area contributed by atoms with Crippen LogP contribution >= 0.6 is 8.20 Å². The van der Waals surface area contributed by atoms with Crippen LogP contribution in [0.1, 0.15) is 25.0 Å². The number of rotatable bonds is 2. The zero-order valence-electron chi connectivity index (χ0n) is 11.4. The van der Waals surface area contributed by atoms with Crippen LogP contribution in [0.15, 0.2) is 24.3 Å². The second-order valence-corrected chi connectivity index (χ2v) is 6.45. The summed E-state index contributed by atoms with van der Waals surface area (Å²) in [5.41, 5.74) is -1.10. The second-order valence-electron chi connectivity index (χ2n) is 5.56. The molecular formula is C14H19NO3P-. The van der Waals surface area contributed by atoms with E-state index in [-0.39, 0.29) is 0 Å². The molecule has 2 rings (SSSR count). The van der Waals surface area contributed by atoms with Crippen molar-refractivity contribution in [2.24, 2.45) is 0 Å². The molecule has 0 saturated carbocycles. The summed E-state index contributed by atoms with van der Waals surface area (Å²) in [6.07, 6.45) is 2.50. The summed E-state index contributed by atoms with van der Waals surface area (Å²) >= 11 is 0. The SMILES string of the molecule is C=PC1C(O)C(O)(c2ccc(C)cc2)C(C)(C)N1[O-]. The van der Waals surface area contributed by atoms with E-state index in [9.17, 15) is 15.4 Å². The van der Waals surface area contributed by atoms with E-state index in [1.165, 1.54) is 0 Å². The van der Waals surface area contributed by atoms with Gasteiger partial charge in [-0.3, -0.25) is 0 Å². The van der Waals surface area contributed by atoms with Crippen molar-refractivity contribution in [3.05, 3.63) is 40.6 Å². The predicted molar refractivity (Wildman–Crippen MR) is 78.2 cm³/mol. The Morgan fingerprint density at radius 1 is 1.32 bits per heavy atom. The lowest BCUT2D eigenvalue weighted by Crippen LogP contribution is -2.53. The van der Waals surface area contributed by atoms with Gasteiger partial charge in [0.15, 0.2) is 0 Å². The molecule has 19 heavy (non-hydrogen) atoms. The first kappa shape index (κ1) is 14.6. The second kappa shape index (κ2) is 4.65. The van der Waals surface area contributed by atoms with Crippen LogP contribution in [0.4, 0.5) is 0 Å². The molecule has 1 aliphatic rings. The van der Waals surface area contributed by atoms with Gasteiger partial charge in [0.1, 0.15) is 11.7 Å². The average molecular weight is 280 g/mol. The Balaban J connectivity index is 2.57. The molecule has 0 aromatic heterocycles. The highest BCUT2D eigenvalue weighted by Crippen LogP contribution is 2.50. The largest absolute Gasteiger partial charge is 0.784 e. The van der Waals surface area contributed by atoms with E-state index in [1.54, 1.807) is 26.0 Å². The number of aliphatic hydroxyl groups excluding tert-OH is 1. The van der Waals surface area contributed by atoms with Crippen LogP contribution < -0.4 is 0 Å². The molecule has 1 aromatic rings. The first-order chi connectivity index (χ1) is 8.76. The van der Waals surface area contributed by atoms with Crippen molar-refractivity contribution in [2.45, 2.75) is 43.8 Å². The quantitative estimate of drug-likeness (QED) is 0.811. The monoisotopic (exact) mass is 280 g/mol. The number of hydroxylamine groups is 2. The topological polar surface area (TPSA) is 66.8 Å². The maximum atomic E-state index is 12.3. The van der Waals surface area contributed by atoms with Gasteiger partial charge in [-0.2, -0.15) is 0 Å². The average Bonchev–Trinajstić information content (AvgIpc) is 2.50. The molecule has 1 heterocycles. The molecule has 0 spiro atoms. The van der Waals surface area contributed by atoms with Gasteiger partial charge in [0.05, 0.1) is 5.78 Å². The highest BCUT2D eigenvalue weighted by molar-refractivity contribution is 7.37. The fraction of sp³-hybridized carbons (Fsp3) is 0.500. The lowest BCUT2D eigenvalue weighted by Gasteiger charge is -2.46. The summed E-state index contributed by atoms with van der Waals surface area (Å²) in [6, 6.07) is 7.24. The highest BCUT2D eigenvalue weighted by atomic mass is 31.1. The first-order valence-electron chi connectivity index (χ1n) is 6.16. The summed E-state index contributed by atoms with van der Waals surface area (Å²) in [5, 5.41) is 34.4. The van der Waals surface area contributed by atoms with E-state index in [0.29, 0.717) is 13.8 Å². The van der Waals surface area contributed by atoms with E-state index >= 15 is 0 Å². The van der Waals surface area contributed by atoms with Gasteiger partial charge in [-0.15, -0.1) is 0 Å². The number of hydrogen-bond donors (Lipinski definition) is 2. The maximum absolute atomic E-state index is 12.3. The molecule has 5 heteroatoms. The fourth-order valence-corrected chi connectivity index (χ4v) is 3.56. The zero-order valence-corrected chi connectivity index (χ0v) is 12.3. The summed E-state index contributed by atoms with van der Waals surface area (Å²) < 4.78 is 0. The predicted octanol–water partition coefficient (Wildman–Crippen LogP) is 1.84. The van der Waals surface area contributed by atoms with Crippen molar-refractivity contribution >= 4 is 14.5 Å². The summed E-state index contributed by atoms with van der Waals surface area (Å²) in [5.74, 6) is -0.721. The zero-order chi connectivity index (χ0) is 14.4. The molecule has 0 amide bonds. The Kier molecular flexibility index (Phi) is 3.58. The number of benzene rings is 1. The third kappa shape index (κ3) is 1.87. The molecule has 0 bridgehead atoms. The van der Waals surface area contributed by atoms with Crippen LogP contribution in [-0.4, -0.2) is 39.0 Å². The number of aliphatic hydroxyl groups is 2. The molecule has 0 radical (unpaired) electrons. The Morgan fingerprint density at radius 3 is 2.26 bits per heavy atom. The number of hydrogen-bond acceptors (Lipinski definition) is 4. The van der Waals surface area contributed by atoms with Crippen LogP contribution in [0.3, 0.4) is 0 Å². The molecule has 1 aromatic carbocycles. The third-order valence-corrected chi connectivity index (χ3v) is 4.98. The van der Waals surface area contributed by atoms with Gasteiger partial charge in [-0.1, -0.05) is 44.3 Å². The van der Waals surface area contributed by atoms with Gasteiger partial charge in [-0.25, -0.2) is 0 Å². The van der Waals surface area contributed by atoms with Crippen molar-refractivity contribution in [3.63, 3.8) is 0 Å². The van der Waals surface area contributed by atoms with Crippen molar-refractivity contribution in [2.75, 3.05) is 0 Å². The number of aryl methyl sites for hydroxylation is 1. The molecule has 1 fully saturated rings. The van der Waals surface area contributed by atoms with Crippen molar-refractivity contribution in [3.8, 4) is 0 Å². The van der Waals surface area contributed by atoms with Crippen LogP contribution in [0, 0.1) is 12.1 Å². The van der Waals surface area contributed by atoms with Gasteiger partial charge in [-0.05, 0) is 26.3 Å². The Hall–Kier alpha value is -0.770. The molecule has 4 nitrogen and oxygen atoms in total. The normalized spacial score (nSPS) is 34.8. The summed E-state index contributed by atoms with van der Waals surface area (Å²) in [6.45, 7) is 5.24. The van der Waals surface area contributed by atoms with Crippen molar-refractivity contribution in [1.29, 1.82) is 0 Å². The van der Waals surface area contributed by atoms with Crippen molar-refractivity contribution in [1.82, 2.24) is 5.06 Å². The molecule has 104 valence electrons. The van der Waals surface area contributed by atoms with E-state index in [4.69, 9.17) is 0 Å². The van der Waals surface area contributed by atoms with E-state index in [0.717, 1.165) is 10.6 Å². The lowest BCUT2D eigenvalue weighted by atomic mass is 9.76. The standard InChI is InChI=1S/C14H19NO3P/c1-9-5-7-10(8-6-9)14(17)11(16)12(19-4)15(18)13(14,2)3/h5-8,11-12,16-17H,4H2,1-3H3/q-1. The van der Waals surface area contributed by atoms with Crippen LogP contribution in [0.2, 0.25) is 0 Å². The minimum absolute atomic E-state index is 0.503. The molecular weight excluding hydrogens is 261 g/mol. The Labute approximate surface area is 115 Å². The molecule has 1 aliphatic heterocycles. The first-order valence-corrected chi connectivity index (χ1v) is 7.31. The maximum Gasteiger partial charge on any atom is 0.134 e. The summed E-state index contributed by atoms with van der Waals surface area (Å²) in [7, 11) is 0.503. The Bertz CT molecular complexity index is 488. The molecule has 1 saturated heterocycles. The van der Waals surface area contributed by atoms with Crippen LogP contribution in [0.25, 0.3) is 0 Å². The minimum atomic E-state index is -1.60. The van der Waals surface area contributed by atoms with E-state index in [1.807, 2.05) is 19.1 Å². The number of nitrogens with zero attached hydrogens (tertiary/aromatic N) is 1. The smallest absolute Gasteiger partial charge is 0.134 e. The van der Waals surface area contributed by atoms with E-state index < -0.39 is 23.0 Å². The van der Waals surface area contributed by atoms with Crippen molar-refractivity contribution < 1.29 is 10.2 Å². The highest BCUT2D eigenvalue weighted by Gasteiger charge is 2.60. The summed E-state index contributed by atoms with van der Waals surface area (Å²) in [4.78, 5) is 0. The van der Waals surface area contributed by atoms with Gasteiger partial charge in [0, 0.05) is 5.54 Å². The molecule has 3 unspecified atom stereocenters. The van der Waals surface area contributed by atoms with Gasteiger partial charge in [0.2, 0.25) is 0 Å². The van der Waals surface area contributed by atoms with Crippen LogP contribution in [0.5, 0.6) is 0 Å². The van der Waals surface area contributed by atoms with Crippen LogP contribution in [-0.2, 0) is 5.60 Å². The molecule has 3 atom stereocenters. The third-order valence-electron chi connectivity index (χ3n) is 4.11. The van der Waals surface area contributed by atoms with Gasteiger partial charge in [0.25, 0.3) is 0 Å². The van der Waals surface area contributed by atoms with Gasteiger partial charge < -0.3 is 20.5 Å². The lowest BCUT2D eigenvalue weighted by molar-refractivity contribution is -0.0983. The Morgan fingerprint density at radius 2 is 1.84 bits per heavy atom. The fourth-order valence-electron chi connectivity index (χ4n) is 2.71. The minimum Gasteiger partial charge on any atom is -0.784 e. The van der Waals surface area contributed by atoms with Gasteiger partial charge >= 0.3 is 0 Å². The molecule has 0 aliphatic carbocycles. The molecule has 2 N–H and O–H groups in total.